The van der Waals surface area contributed by atoms with E-state index in [-0.39, 0.29) is 30.2 Å². The van der Waals surface area contributed by atoms with Crippen molar-refractivity contribution in [2.24, 2.45) is 0 Å². The second kappa shape index (κ2) is 10.9. The molecule has 1 aliphatic rings. The second-order valence-corrected chi connectivity index (χ2v) is 8.02. The lowest BCUT2D eigenvalue weighted by atomic mass is 9.94. The van der Waals surface area contributed by atoms with Gasteiger partial charge < -0.3 is 19.5 Å². The number of non-ortho nitro benzene ring substituents is 1. The van der Waals surface area contributed by atoms with E-state index in [2.05, 4.69) is 6.92 Å². The van der Waals surface area contributed by atoms with Crippen molar-refractivity contribution in [1.29, 1.82) is 0 Å². The number of nitrogens with zero attached hydrogens (tertiary/aromatic N) is 2. The average molecular weight is 469 g/mol. The van der Waals surface area contributed by atoms with E-state index in [0.29, 0.717) is 23.5 Å². The highest BCUT2D eigenvalue weighted by Crippen LogP contribution is 2.40. The summed E-state index contributed by atoms with van der Waals surface area (Å²) in [5, 5.41) is 22.5. The van der Waals surface area contributed by atoms with Crippen LogP contribution in [-0.4, -0.2) is 53.5 Å². The molecule has 1 fully saturated rings. The summed E-state index contributed by atoms with van der Waals surface area (Å²) < 4.78 is 10.8. The number of carbonyl (C=O) groups is 2. The molecule has 0 radical (unpaired) electrons. The molecule has 1 atom stereocenters. The molecule has 2 aromatic rings. The van der Waals surface area contributed by atoms with Gasteiger partial charge in [0.15, 0.2) is 0 Å². The zero-order valence-corrected chi connectivity index (χ0v) is 19.4. The van der Waals surface area contributed by atoms with Crippen LogP contribution < -0.4 is 4.74 Å². The maximum absolute atomic E-state index is 13.0. The van der Waals surface area contributed by atoms with Gasteiger partial charge in [-0.2, -0.15) is 0 Å². The summed E-state index contributed by atoms with van der Waals surface area (Å²) in [5.74, 6) is -1.34. The summed E-state index contributed by atoms with van der Waals surface area (Å²) in [7, 11) is 1.46. The van der Waals surface area contributed by atoms with Crippen LogP contribution in [0.5, 0.6) is 5.75 Å². The third-order valence-corrected chi connectivity index (χ3v) is 5.68. The van der Waals surface area contributed by atoms with Crippen molar-refractivity contribution >= 4 is 23.1 Å². The molecule has 3 rings (SSSR count). The molecule has 0 aromatic heterocycles. The number of nitro groups is 1. The van der Waals surface area contributed by atoms with Crippen LogP contribution in [0, 0.1) is 17.0 Å². The fourth-order valence-corrected chi connectivity index (χ4v) is 3.90. The number of methoxy groups -OCH3 is 1. The molecular weight excluding hydrogens is 440 g/mol. The van der Waals surface area contributed by atoms with E-state index in [1.165, 1.54) is 30.2 Å². The molecule has 1 N–H and O–H groups in total. The first kappa shape index (κ1) is 24.9. The minimum absolute atomic E-state index is 0.0778. The van der Waals surface area contributed by atoms with Gasteiger partial charge in [0.1, 0.15) is 11.5 Å². The standard InChI is InChI=1S/C25H28N2O7/c1-4-5-12-34-20-10-9-18(14-16(20)2)23(28)21-22(17-7-6-8-19(15-17)27(31)32)26(11-13-33-3)25(30)24(21)29/h6-10,14-15,22,28H,4-5,11-13H2,1-3H3. The molecule has 0 saturated carbocycles. The number of Topliss-reactive ketones (excluding diaryl/α,β-unsaturated/α-hetero) is 1. The van der Waals surface area contributed by atoms with Crippen molar-refractivity contribution in [3.05, 3.63) is 74.8 Å². The van der Waals surface area contributed by atoms with E-state index in [1.54, 1.807) is 24.3 Å². The molecule has 0 aliphatic carbocycles. The summed E-state index contributed by atoms with van der Waals surface area (Å²) >= 11 is 0. The number of ether oxygens (including phenoxy) is 2. The first-order valence-electron chi connectivity index (χ1n) is 11.1. The summed E-state index contributed by atoms with van der Waals surface area (Å²) in [5.41, 5.74) is 1.16. The summed E-state index contributed by atoms with van der Waals surface area (Å²) in [6.45, 7) is 4.69. The van der Waals surface area contributed by atoms with Gasteiger partial charge in [-0.05, 0) is 42.7 Å². The van der Waals surface area contributed by atoms with Crippen LogP contribution in [0.4, 0.5) is 5.69 Å². The lowest BCUT2D eigenvalue weighted by Gasteiger charge is -2.25. The first-order chi connectivity index (χ1) is 16.3. The lowest BCUT2D eigenvalue weighted by Crippen LogP contribution is -2.32. The molecule has 180 valence electrons. The van der Waals surface area contributed by atoms with E-state index in [9.17, 15) is 24.8 Å². The average Bonchev–Trinajstić information content (AvgIpc) is 3.08. The predicted molar refractivity (Wildman–Crippen MR) is 126 cm³/mol. The van der Waals surface area contributed by atoms with Crippen molar-refractivity contribution in [2.45, 2.75) is 32.7 Å². The number of aliphatic hydroxyl groups is 1. The highest BCUT2D eigenvalue weighted by atomic mass is 16.6. The SMILES string of the molecule is CCCCOc1ccc(C(O)=C2C(=O)C(=O)N(CCOC)C2c2cccc([N+](=O)[O-])c2)cc1C. The largest absolute Gasteiger partial charge is 0.507 e. The molecule has 34 heavy (non-hydrogen) atoms. The Labute approximate surface area is 197 Å². The predicted octanol–water partition coefficient (Wildman–Crippen LogP) is 4.15. The highest BCUT2D eigenvalue weighted by Gasteiger charge is 2.46. The minimum atomic E-state index is -0.990. The topological polar surface area (TPSA) is 119 Å². The second-order valence-electron chi connectivity index (χ2n) is 8.02. The molecule has 1 unspecified atom stereocenters. The molecular formula is C25H28N2O7. The van der Waals surface area contributed by atoms with Crippen LogP contribution in [0.2, 0.25) is 0 Å². The maximum Gasteiger partial charge on any atom is 0.295 e. The number of unbranched alkanes of at least 4 members (excludes halogenated alkanes) is 1. The number of amides is 1. The normalized spacial score (nSPS) is 17.3. The summed E-state index contributed by atoms with van der Waals surface area (Å²) in [4.78, 5) is 37.9. The third kappa shape index (κ3) is 5.09. The van der Waals surface area contributed by atoms with Gasteiger partial charge in [0.25, 0.3) is 17.4 Å². The van der Waals surface area contributed by atoms with Gasteiger partial charge >= 0.3 is 0 Å². The first-order valence-corrected chi connectivity index (χ1v) is 11.1. The Morgan fingerprint density at radius 3 is 2.59 bits per heavy atom. The number of ketones is 1. The Morgan fingerprint density at radius 1 is 1.18 bits per heavy atom. The number of hydrogen-bond acceptors (Lipinski definition) is 7. The Bertz CT molecular complexity index is 1130. The van der Waals surface area contributed by atoms with Crippen LogP contribution >= 0.6 is 0 Å². The zero-order valence-electron chi connectivity index (χ0n) is 19.4. The van der Waals surface area contributed by atoms with Gasteiger partial charge in [0, 0.05) is 31.4 Å². The maximum atomic E-state index is 13.0. The molecule has 9 nitrogen and oxygen atoms in total. The Morgan fingerprint density at radius 2 is 1.94 bits per heavy atom. The Kier molecular flexibility index (Phi) is 8.01. The molecule has 0 bridgehead atoms. The molecule has 2 aromatic carbocycles. The van der Waals surface area contributed by atoms with E-state index in [1.807, 2.05) is 6.92 Å². The fraction of sp³-hybridized carbons (Fsp3) is 0.360. The van der Waals surface area contributed by atoms with Crippen LogP contribution in [0.3, 0.4) is 0 Å². The molecule has 9 heteroatoms. The third-order valence-electron chi connectivity index (χ3n) is 5.68. The van der Waals surface area contributed by atoms with Crippen molar-refractivity contribution in [3.8, 4) is 5.75 Å². The molecule has 0 spiro atoms. The smallest absolute Gasteiger partial charge is 0.295 e. The van der Waals surface area contributed by atoms with Crippen LogP contribution in [0.25, 0.3) is 5.76 Å². The number of rotatable bonds is 10. The van der Waals surface area contributed by atoms with Crippen molar-refractivity contribution in [3.63, 3.8) is 0 Å². The van der Waals surface area contributed by atoms with Gasteiger partial charge in [-0.25, -0.2) is 0 Å². The van der Waals surface area contributed by atoms with E-state index < -0.39 is 22.7 Å². The van der Waals surface area contributed by atoms with Gasteiger partial charge in [-0.3, -0.25) is 19.7 Å². The van der Waals surface area contributed by atoms with Crippen LogP contribution in [0.1, 0.15) is 42.5 Å². The van der Waals surface area contributed by atoms with Crippen molar-refractivity contribution in [2.75, 3.05) is 26.9 Å². The van der Waals surface area contributed by atoms with Gasteiger partial charge in [-0.15, -0.1) is 0 Å². The Balaban J connectivity index is 2.09. The number of aryl methyl sites for hydroxylation is 1. The number of benzene rings is 2. The van der Waals surface area contributed by atoms with E-state index in [4.69, 9.17) is 9.47 Å². The number of likely N-dealkylation sites (tertiary alicyclic amines) is 1. The molecule has 1 aliphatic heterocycles. The molecule has 1 heterocycles. The van der Waals surface area contributed by atoms with E-state index >= 15 is 0 Å². The highest BCUT2D eigenvalue weighted by molar-refractivity contribution is 6.46. The minimum Gasteiger partial charge on any atom is -0.507 e. The van der Waals surface area contributed by atoms with Gasteiger partial charge in [-0.1, -0.05) is 25.5 Å². The number of hydrogen-bond donors (Lipinski definition) is 1. The quantitative estimate of drug-likeness (QED) is 0.139. The lowest BCUT2D eigenvalue weighted by molar-refractivity contribution is -0.384. The van der Waals surface area contributed by atoms with Gasteiger partial charge in [0.2, 0.25) is 0 Å². The fourth-order valence-electron chi connectivity index (χ4n) is 3.90. The molecule has 1 saturated heterocycles. The number of aliphatic hydroxyl groups excluding tert-OH is 1. The van der Waals surface area contributed by atoms with Crippen molar-refractivity contribution in [1.82, 2.24) is 4.90 Å². The monoisotopic (exact) mass is 468 g/mol. The van der Waals surface area contributed by atoms with E-state index in [0.717, 1.165) is 18.4 Å². The van der Waals surface area contributed by atoms with Crippen LogP contribution in [-0.2, 0) is 14.3 Å². The van der Waals surface area contributed by atoms with Crippen LogP contribution in [0.15, 0.2) is 48.0 Å². The zero-order chi connectivity index (χ0) is 24.8. The molecule has 1 amide bonds. The van der Waals surface area contributed by atoms with Gasteiger partial charge in [0.05, 0.1) is 29.8 Å². The Hall–Kier alpha value is -3.72. The van der Waals surface area contributed by atoms with Crippen molar-refractivity contribution < 1.29 is 29.1 Å². The number of nitro benzene ring substituents is 1. The number of carbonyl (C=O) groups excluding carboxylic acids is 2. The summed E-state index contributed by atoms with van der Waals surface area (Å²) in [6.07, 6.45) is 1.91. The summed E-state index contributed by atoms with van der Waals surface area (Å²) in [6, 6.07) is 9.73.